The third-order valence-corrected chi connectivity index (χ3v) is 2.72. The van der Waals surface area contributed by atoms with E-state index in [2.05, 4.69) is 14.9 Å². The molecular weight excluding hydrogens is 230 g/mol. The molecule has 16 heavy (non-hydrogen) atoms. The highest BCUT2D eigenvalue weighted by molar-refractivity contribution is 6.28. The zero-order chi connectivity index (χ0) is 11.5. The van der Waals surface area contributed by atoms with Crippen molar-refractivity contribution < 1.29 is 9.47 Å². The number of ether oxygens (including phenoxy) is 2. The van der Waals surface area contributed by atoms with Crippen molar-refractivity contribution in [1.29, 1.82) is 0 Å². The molecule has 0 aliphatic carbocycles. The molecule has 1 fully saturated rings. The van der Waals surface area contributed by atoms with Crippen molar-refractivity contribution in [1.82, 2.24) is 9.97 Å². The summed E-state index contributed by atoms with van der Waals surface area (Å²) >= 11 is 5.86. The quantitative estimate of drug-likeness (QED) is 0.733. The highest BCUT2D eigenvalue weighted by Gasteiger charge is 2.18. The molecule has 1 aromatic heterocycles. The van der Waals surface area contributed by atoms with Crippen molar-refractivity contribution in [3.05, 3.63) is 10.8 Å². The number of hydrogen-bond acceptors (Lipinski definition) is 5. The molecule has 1 aliphatic heterocycles. The van der Waals surface area contributed by atoms with E-state index in [1.165, 1.54) is 0 Å². The van der Waals surface area contributed by atoms with Crippen LogP contribution < -0.4 is 9.64 Å². The second-order valence-electron chi connectivity index (χ2n) is 3.55. The van der Waals surface area contributed by atoms with Gasteiger partial charge in [-0.15, -0.1) is 0 Å². The number of morpholine rings is 1. The fraction of sp³-hybridized carbons (Fsp3) is 0.600. The van der Waals surface area contributed by atoms with E-state index in [1.54, 1.807) is 7.11 Å². The van der Waals surface area contributed by atoms with Gasteiger partial charge in [0.1, 0.15) is 5.82 Å². The molecule has 0 unspecified atom stereocenters. The van der Waals surface area contributed by atoms with Gasteiger partial charge in [0.25, 0.3) is 0 Å². The van der Waals surface area contributed by atoms with Crippen molar-refractivity contribution in [2.75, 3.05) is 38.3 Å². The predicted molar refractivity (Wildman–Crippen MR) is 61.4 cm³/mol. The Bertz CT molecular complexity index is 381. The molecule has 6 heteroatoms. The first-order valence-electron chi connectivity index (χ1n) is 5.13. The van der Waals surface area contributed by atoms with Crippen LogP contribution in [0.25, 0.3) is 0 Å². The number of aromatic nitrogens is 2. The summed E-state index contributed by atoms with van der Waals surface area (Å²) in [5.74, 6) is 1.36. The summed E-state index contributed by atoms with van der Waals surface area (Å²) in [6, 6.07) is 0. The Morgan fingerprint density at radius 3 is 2.62 bits per heavy atom. The van der Waals surface area contributed by atoms with Crippen molar-refractivity contribution in [2.45, 2.75) is 6.92 Å². The fourth-order valence-electron chi connectivity index (χ4n) is 1.74. The molecule has 1 aromatic rings. The lowest BCUT2D eigenvalue weighted by Gasteiger charge is -2.29. The Hall–Kier alpha value is -1.07. The zero-order valence-electron chi connectivity index (χ0n) is 9.36. The van der Waals surface area contributed by atoms with Gasteiger partial charge < -0.3 is 14.4 Å². The number of methoxy groups -OCH3 is 1. The highest BCUT2D eigenvalue weighted by Crippen LogP contribution is 2.26. The summed E-state index contributed by atoms with van der Waals surface area (Å²) in [5, 5.41) is 0.212. The van der Waals surface area contributed by atoms with Gasteiger partial charge in [-0.05, 0) is 18.5 Å². The molecule has 5 nitrogen and oxygen atoms in total. The molecule has 0 atom stereocenters. The van der Waals surface area contributed by atoms with Crippen LogP contribution >= 0.6 is 11.6 Å². The molecule has 0 spiro atoms. The Kier molecular flexibility index (Phi) is 3.46. The van der Waals surface area contributed by atoms with E-state index in [0.29, 0.717) is 19.1 Å². The molecule has 0 saturated carbocycles. The third-order valence-electron chi connectivity index (χ3n) is 2.55. The van der Waals surface area contributed by atoms with Crippen LogP contribution in [0.2, 0.25) is 5.28 Å². The van der Waals surface area contributed by atoms with Crippen LogP contribution in [-0.4, -0.2) is 43.4 Å². The topological polar surface area (TPSA) is 47.5 Å². The van der Waals surface area contributed by atoms with Gasteiger partial charge >= 0.3 is 0 Å². The van der Waals surface area contributed by atoms with Crippen LogP contribution in [0.5, 0.6) is 5.88 Å². The first kappa shape index (κ1) is 11.4. The van der Waals surface area contributed by atoms with Gasteiger partial charge in [0.2, 0.25) is 11.2 Å². The minimum absolute atomic E-state index is 0.212. The number of anilines is 1. The normalized spacial score (nSPS) is 16.3. The van der Waals surface area contributed by atoms with E-state index in [-0.39, 0.29) is 5.28 Å². The molecule has 0 bridgehead atoms. The van der Waals surface area contributed by atoms with Crippen LogP contribution in [0.1, 0.15) is 5.56 Å². The van der Waals surface area contributed by atoms with E-state index in [1.807, 2.05) is 6.92 Å². The second kappa shape index (κ2) is 4.84. The first-order chi connectivity index (χ1) is 7.72. The molecule has 88 valence electrons. The van der Waals surface area contributed by atoms with Crippen LogP contribution in [0.4, 0.5) is 5.82 Å². The van der Waals surface area contributed by atoms with E-state index in [4.69, 9.17) is 21.1 Å². The first-order valence-corrected chi connectivity index (χ1v) is 5.51. The van der Waals surface area contributed by atoms with Gasteiger partial charge in [0.05, 0.1) is 25.9 Å². The Morgan fingerprint density at radius 2 is 2.00 bits per heavy atom. The predicted octanol–water partition coefficient (Wildman–Crippen LogP) is 1.28. The molecule has 1 saturated heterocycles. The Morgan fingerprint density at radius 1 is 1.31 bits per heavy atom. The highest BCUT2D eigenvalue weighted by atomic mass is 35.5. The lowest BCUT2D eigenvalue weighted by molar-refractivity contribution is 0.122. The van der Waals surface area contributed by atoms with Gasteiger partial charge in [0, 0.05) is 13.1 Å². The Balaban J connectivity index is 2.34. The average Bonchev–Trinajstić information content (AvgIpc) is 2.33. The Labute approximate surface area is 99.3 Å². The molecule has 2 rings (SSSR count). The molecule has 1 aliphatic rings. The molecule has 0 radical (unpaired) electrons. The zero-order valence-corrected chi connectivity index (χ0v) is 10.1. The summed E-state index contributed by atoms with van der Waals surface area (Å²) in [6.45, 7) is 4.99. The molecule has 2 heterocycles. The van der Waals surface area contributed by atoms with Crippen LogP contribution in [0.15, 0.2) is 0 Å². The number of hydrogen-bond donors (Lipinski definition) is 0. The van der Waals surface area contributed by atoms with Gasteiger partial charge in [-0.3, -0.25) is 0 Å². The van der Waals surface area contributed by atoms with Gasteiger partial charge in [-0.1, -0.05) is 0 Å². The number of nitrogens with zero attached hydrogens (tertiary/aromatic N) is 3. The summed E-state index contributed by atoms with van der Waals surface area (Å²) in [4.78, 5) is 10.4. The second-order valence-corrected chi connectivity index (χ2v) is 3.89. The molecule has 0 N–H and O–H groups in total. The van der Waals surface area contributed by atoms with Crippen LogP contribution in [0, 0.1) is 6.92 Å². The summed E-state index contributed by atoms with van der Waals surface area (Å²) < 4.78 is 10.5. The maximum atomic E-state index is 5.86. The molecular formula is C10H14ClN3O2. The minimum Gasteiger partial charge on any atom is -0.481 e. The standard InChI is InChI=1S/C10H14ClN3O2/c1-7-8(14-3-5-16-6-4-14)12-10(11)13-9(7)15-2/h3-6H2,1-2H3. The smallest absolute Gasteiger partial charge is 0.227 e. The average molecular weight is 244 g/mol. The molecule has 0 amide bonds. The van der Waals surface area contributed by atoms with E-state index < -0.39 is 0 Å². The van der Waals surface area contributed by atoms with Crippen LogP contribution in [-0.2, 0) is 4.74 Å². The lowest BCUT2D eigenvalue weighted by atomic mass is 10.3. The molecule has 0 aromatic carbocycles. The SMILES string of the molecule is COc1nc(Cl)nc(N2CCOCC2)c1C. The maximum absolute atomic E-state index is 5.86. The van der Waals surface area contributed by atoms with Crippen molar-refractivity contribution >= 4 is 17.4 Å². The van der Waals surface area contributed by atoms with Gasteiger partial charge in [-0.25, -0.2) is 4.98 Å². The van der Waals surface area contributed by atoms with E-state index in [0.717, 1.165) is 24.5 Å². The fourth-order valence-corrected chi connectivity index (χ4v) is 1.90. The monoisotopic (exact) mass is 243 g/mol. The van der Waals surface area contributed by atoms with Crippen molar-refractivity contribution in [3.8, 4) is 5.88 Å². The minimum atomic E-state index is 0.212. The number of halogens is 1. The largest absolute Gasteiger partial charge is 0.481 e. The van der Waals surface area contributed by atoms with Crippen molar-refractivity contribution in [3.63, 3.8) is 0 Å². The summed E-state index contributed by atoms with van der Waals surface area (Å²) in [7, 11) is 1.58. The maximum Gasteiger partial charge on any atom is 0.227 e. The van der Waals surface area contributed by atoms with E-state index in [9.17, 15) is 0 Å². The number of rotatable bonds is 2. The van der Waals surface area contributed by atoms with Gasteiger partial charge in [-0.2, -0.15) is 4.98 Å². The van der Waals surface area contributed by atoms with E-state index >= 15 is 0 Å². The van der Waals surface area contributed by atoms with Crippen LogP contribution in [0.3, 0.4) is 0 Å². The summed E-state index contributed by atoms with van der Waals surface area (Å²) in [6.07, 6.45) is 0. The lowest BCUT2D eigenvalue weighted by Crippen LogP contribution is -2.37. The van der Waals surface area contributed by atoms with Gasteiger partial charge in [0.15, 0.2) is 0 Å². The van der Waals surface area contributed by atoms with Crippen molar-refractivity contribution in [2.24, 2.45) is 0 Å². The third kappa shape index (κ3) is 2.20. The summed E-state index contributed by atoms with van der Waals surface area (Å²) in [5.41, 5.74) is 0.911.